The molecule has 3 amide bonds. The summed E-state index contributed by atoms with van der Waals surface area (Å²) in [6.07, 6.45) is 12.6. The summed E-state index contributed by atoms with van der Waals surface area (Å²) in [4.78, 5) is 39.7. The van der Waals surface area contributed by atoms with E-state index in [0.717, 1.165) is 86.4 Å². The van der Waals surface area contributed by atoms with Gasteiger partial charge in [-0.1, -0.05) is 18.6 Å². The Bertz CT molecular complexity index is 2400. The van der Waals surface area contributed by atoms with E-state index in [1.165, 1.54) is 24.3 Å². The van der Waals surface area contributed by atoms with E-state index in [1.54, 1.807) is 12.1 Å². The monoisotopic (exact) mass is 898 g/mol. The maximum absolute atomic E-state index is 15.6. The van der Waals surface area contributed by atoms with Gasteiger partial charge in [-0.3, -0.25) is 0 Å². The van der Waals surface area contributed by atoms with Crippen molar-refractivity contribution < 1.29 is 39.9 Å². The molecule has 19 heteroatoms. The molecule has 0 spiro atoms. The lowest BCUT2D eigenvalue weighted by molar-refractivity contribution is 0.0537. The molecule has 1 saturated carbocycles. The quantitative estimate of drug-likeness (QED) is 0.281. The second-order valence-electron chi connectivity index (χ2n) is 17.8. The average molecular weight is 899 g/mol. The van der Waals surface area contributed by atoms with Gasteiger partial charge < -0.3 is 34.6 Å². The number of alkyl carbamates (subject to hydrolysis) is 1. The number of imidazole rings is 1. The third-order valence-electron chi connectivity index (χ3n) is 13.8. The molecule has 15 nitrogen and oxygen atoms in total. The largest absolute Gasteiger partial charge is 0.453 e. The van der Waals surface area contributed by atoms with Gasteiger partial charge in [-0.05, 0) is 92.8 Å². The molecule has 0 unspecified atom stereocenters. The summed E-state index contributed by atoms with van der Waals surface area (Å²) in [5.41, 5.74) is 1.40. The van der Waals surface area contributed by atoms with Crippen LogP contribution in [0.25, 0.3) is 0 Å². The zero-order chi connectivity index (χ0) is 43.8. The Balaban J connectivity index is 0.899. The Morgan fingerprint density at radius 1 is 0.968 bits per heavy atom. The number of methoxy groups -OCH3 is 1. The number of aromatic nitrogens is 3. The second-order valence-corrected chi connectivity index (χ2v) is 21.9. The molecule has 1 aromatic carbocycles. The van der Waals surface area contributed by atoms with Gasteiger partial charge in [-0.15, -0.1) is 0 Å². The molecule has 2 aromatic heterocycles. The smallest absolute Gasteiger partial charge is 0.407 e. The minimum Gasteiger partial charge on any atom is -0.453 e. The van der Waals surface area contributed by atoms with Crippen LogP contribution in [-0.2, 0) is 42.8 Å². The van der Waals surface area contributed by atoms with Crippen LogP contribution in [0, 0.1) is 29.4 Å². The first kappa shape index (κ1) is 44.0. The van der Waals surface area contributed by atoms with Crippen molar-refractivity contribution in [3.05, 3.63) is 82.9 Å². The van der Waals surface area contributed by atoms with Crippen LogP contribution >= 0.6 is 0 Å². The van der Waals surface area contributed by atoms with Crippen molar-refractivity contribution in [2.45, 2.75) is 79.5 Å². The predicted molar refractivity (Wildman–Crippen MR) is 228 cm³/mol. The number of hydrogen-bond acceptors (Lipinski definition) is 11. The summed E-state index contributed by atoms with van der Waals surface area (Å²) in [7, 11) is -5.97. The molecule has 1 aliphatic carbocycles. The minimum absolute atomic E-state index is 0.0283. The maximum Gasteiger partial charge on any atom is 0.407 e. The number of ether oxygens (including phenoxy) is 1. The topological polar surface area (TPSA) is 176 Å². The highest BCUT2D eigenvalue weighted by molar-refractivity contribution is 7.93. The summed E-state index contributed by atoms with van der Waals surface area (Å²) < 4.78 is 88.3. The number of amides is 3. The van der Waals surface area contributed by atoms with Crippen molar-refractivity contribution in [2.24, 2.45) is 17.8 Å². The predicted octanol–water partition coefficient (Wildman–Crippen LogP) is 4.28. The van der Waals surface area contributed by atoms with Crippen LogP contribution in [0.3, 0.4) is 0 Å². The molecule has 8 rings (SSSR count). The summed E-state index contributed by atoms with van der Waals surface area (Å²) in [5, 5.41) is 5.77. The number of anilines is 1. The van der Waals surface area contributed by atoms with Crippen LogP contribution in [0.15, 0.2) is 59.2 Å². The van der Waals surface area contributed by atoms with Gasteiger partial charge >= 0.3 is 12.1 Å². The fraction of sp³-hybridized carbons (Fsp3) is 0.581. The molecular formula is C43H56F2N8O7S2. The lowest BCUT2D eigenvalue weighted by Gasteiger charge is -2.52. The van der Waals surface area contributed by atoms with Gasteiger partial charge in [0.25, 0.3) is 0 Å². The number of nitrogens with one attached hydrogen (secondary N) is 2. The Hall–Kier alpha value is -4.62. The lowest BCUT2D eigenvalue weighted by atomic mass is 9.57. The molecule has 5 aliphatic rings. The Kier molecular flexibility index (Phi) is 12.7. The number of rotatable bonds is 11. The Labute approximate surface area is 362 Å². The van der Waals surface area contributed by atoms with Crippen molar-refractivity contribution in [2.75, 3.05) is 70.6 Å². The van der Waals surface area contributed by atoms with Crippen molar-refractivity contribution in [3.8, 4) is 0 Å². The highest BCUT2D eigenvalue weighted by Gasteiger charge is 2.53. The van der Waals surface area contributed by atoms with Gasteiger partial charge in [-0.2, -0.15) is 0 Å². The van der Waals surface area contributed by atoms with Crippen LogP contribution in [0.2, 0.25) is 0 Å². The van der Waals surface area contributed by atoms with Crippen LogP contribution in [0.4, 0.5) is 24.2 Å². The molecular weight excluding hydrogens is 843 g/mol. The minimum atomic E-state index is -4.01. The average Bonchev–Trinajstić information content (AvgIpc) is 3.88. The Morgan fingerprint density at radius 2 is 1.76 bits per heavy atom. The van der Waals surface area contributed by atoms with E-state index in [9.17, 15) is 26.4 Å². The molecule has 62 heavy (non-hydrogen) atoms. The van der Waals surface area contributed by atoms with E-state index in [0.29, 0.717) is 45.4 Å². The zero-order valence-corrected chi connectivity index (χ0v) is 36.9. The van der Waals surface area contributed by atoms with E-state index in [4.69, 9.17) is 4.74 Å². The number of likely N-dealkylation sites (tertiary alicyclic amines) is 2. The number of benzene rings is 1. The number of piperidine rings is 2. The van der Waals surface area contributed by atoms with Gasteiger partial charge in [0.05, 0.1) is 17.3 Å². The SMILES string of the molecule is COC(=O)N[C@H]1CCC[C@@H]1[C@]1(C2CCN(CC3CN(c4ncc(S(=O)(=O)[C@@H]5CCCN(C(=O)NC/C=C/S(C)(=O)=O)C5)cc4F)C3)CC2)Cn2ccnc2Cc2cc(F)cc1c2. The van der Waals surface area contributed by atoms with Crippen LogP contribution in [0.5, 0.6) is 0 Å². The fourth-order valence-corrected chi connectivity index (χ4v) is 13.0. The van der Waals surface area contributed by atoms with Crippen molar-refractivity contribution in [3.63, 3.8) is 0 Å². The molecule has 2 bridgehead atoms. The van der Waals surface area contributed by atoms with Crippen LogP contribution in [-0.4, -0.2) is 130 Å². The maximum atomic E-state index is 15.6. The standard InChI is InChI=1S/C43H56F2N8O7S2/c1-60-42(55)49-38-8-3-7-36(38)43(28-52-16-12-46-39(52)20-29-18-32(43)21-33(44)19-29)31-9-14-50(15-10-31)24-30-25-53(26-30)40-37(45)22-35(23-48-40)62(58,59)34-6-4-13-51(27-34)41(54)47-11-5-17-61(2,56)57/h5,12,16-19,21-23,30-31,34,36,38H,3-4,6-11,13-15,20,24-28H2,1-2H3,(H,47,54)(H,49,55)/b17-5+/t34-,36+,38+,43+/m1/s1. The number of carbonyl (C=O) groups excluding carboxylic acids is 2. The number of urea groups is 1. The number of hydrogen-bond donors (Lipinski definition) is 2. The van der Waals surface area contributed by atoms with E-state index in [1.807, 2.05) is 17.3 Å². The Morgan fingerprint density at radius 3 is 2.50 bits per heavy atom. The first-order valence-corrected chi connectivity index (χ1v) is 25.0. The van der Waals surface area contributed by atoms with Gasteiger partial charge in [-0.25, -0.2) is 45.2 Å². The summed E-state index contributed by atoms with van der Waals surface area (Å²) in [6.45, 7) is 4.51. The second kappa shape index (κ2) is 17.9. The van der Waals surface area contributed by atoms with Gasteiger partial charge in [0.1, 0.15) is 11.6 Å². The molecule has 3 aromatic rings. The molecule has 4 aliphatic heterocycles. The van der Waals surface area contributed by atoms with Crippen molar-refractivity contribution in [1.82, 2.24) is 35.0 Å². The van der Waals surface area contributed by atoms with Gasteiger partial charge in [0.2, 0.25) is 0 Å². The van der Waals surface area contributed by atoms with E-state index >= 15 is 8.78 Å². The molecule has 336 valence electrons. The molecule has 6 heterocycles. The molecule has 4 fully saturated rings. The number of pyridine rings is 1. The van der Waals surface area contributed by atoms with E-state index in [2.05, 4.69) is 36.1 Å². The number of nitrogens with zero attached hydrogens (tertiary/aromatic N) is 6. The summed E-state index contributed by atoms with van der Waals surface area (Å²) in [6, 6.07) is 5.87. The third kappa shape index (κ3) is 9.21. The van der Waals surface area contributed by atoms with E-state index in [-0.39, 0.29) is 53.4 Å². The van der Waals surface area contributed by atoms with Crippen molar-refractivity contribution in [1.29, 1.82) is 0 Å². The highest BCUT2D eigenvalue weighted by atomic mass is 32.2. The number of halogens is 2. The number of fused-ring (bicyclic) bond motifs is 3. The summed E-state index contributed by atoms with van der Waals surface area (Å²) in [5.74, 6) is 0.540. The molecule has 4 atom stereocenters. The van der Waals surface area contributed by atoms with Gasteiger partial charge in [0.15, 0.2) is 31.3 Å². The van der Waals surface area contributed by atoms with Crippen LogP contribution in [0.1, 0.15) is 61.9 Å². The first-order valence-electron chi connectivity index (χ1n) is 21.5. The van der Waals surface area contributed by atoms with E-state index < -0.39 is 48.3 Å². The normalized spacial score (nSPS) is 25.2. The molecule has 3 saturated heterocycles. The molecule has 0 radical (unpaired) electrons. The molecule has 2 N–H and O–H groups in total. The number of carbonyl (C=O) groups is 2. The van der Waals surface area contributed by atoms with Crippen molar-refractivity contribution >= 4 is 37.6 Å². The summed E-state index contributed by atoms with van der Waals surface area (Å²) >= 11 is 0. The number of sulfone groups is 2. The lowest BCUT2D eigenvalue weighted by Crippen LogP contribution is -2.56. The first-order chi connectivity index (χ1) is 29.6. The third-order valence-corrected chi connectivity index (χ3v) is 16.6. The van der Waals surface area contributed by atoms with Crippen LogP contribution < -0.4 is 15.5 Å². The highest BCUT2D eigenvalue weighted by Crippen LogP contribution is 2.52. The zero-order valence-electron chi connectivity index (χ0n) is 35.2. The van der Waals surface area contributed by atoms with Gasteiger partial charge in [0, 0.05) is 99.9 Å². The fourth-order valence-electron chi connectivity index (χ4n) is 10.9.